The molecule has 9 aromatic rings. The van der Waals surface area contributed by atoms with E-state index < -0.39 is 0 Å². The fraction of sp³-hybridized carbons (Fsp3) is 0.423. The summed E-state index contributed by atoms with van der Waals surface area (Å²) in [5, 5.41) is 0. The molecule has 4 atom stereocenters. The minimum atomic E-state index is -0.160. The molecule has 0 amide bonds. The number of allylic oxidation sites excluding steroid dienone is 12. The van der Waals surface area contributed by atoms with Crippen LogP contribution in [-0.4, -0.2) is 59.8 Å². The second-order valence-electron chi connectivity index (χ2n) is 39.1. The maximum Gasteiger partial charge on any atom is 0.0699 e. The van der Waals surface area contributed by atoms with Gasteiger partial charge in [-0.3, -0.25) is 0 Å². The van der Waals surface area contributed by atoms with E-state index >= 15 is 0 Å². The first-order valence-corrected chi connectivity index (χ1v) is 44.0. The zero-order valence-electron chi connectivity index (χ0n) is 73.4. The first-order valence-electron chi connectivity index (χ1n) is 44.0. The van der Waals surface area contributed by atoms with E-state index in [1.54, 1.807) is 0 Å². The quantitative estimate of drug-likeness (QED) is 0.0884. The second-order valence-corrected chi connectivity index (χ2v) is 39.1. The van der Waals surface area contributed by atoms with Gasteiger partial charge in [0.05, 0.1) is 68.3 Å². The Morgan fingerprint density at radius 2 is 0.379 bits per heavy atom. The number of fused-ring (bicyclic) bond motifs is 26. The molecular weight excluding hydrogens is 1420 g/mol. The largest absolute Gasteiger partial charge is 0.355 e. The number of hydrogen-bond donors (Lipinski definition) is 6. The highest BCUT2D eigenvalue weighted by molar-refractivity contribution is 6.16. The third kappa shape index (κ3) is 11.3. The van der Waals surface area contributed by atoms with Crippen molar-refractivity contribution in [3.05, 3.63) is 208 Å². The van der Waals surface area contributed by atoms with Crippen LogP contribution >= 0.6 is 0 Å². The van der Waals surface area contributed by atoms with E-state index in [0.29, 0.717) is 0 Å². The predicted octanol–water partition coefficient (Wildman–Crippen LogP) is 26.8. The Kier molecular flexibility index (Phi) is 17.4. The lowest BCUT2D eigenvalue weighted by molar-refractivity contribution is 0.586. The van der Waals surface area contributed by atoms with Crippen LogP contribution < -0.4 is 0 Å². The summed E-state index contributed by atoms with van der Waals surface area (Å²) in [7, 11) is 0. The van der Waals surface area contributed by atoms with E-state index in [9.17, 15) is 0 Å². The normalized spacial score (nSPS) is 18.6. The summed E-state index contributed by atoms with van der Waals surface area (Å²) in [6.45, 7) is 56.0. The second kappa shape index (κ2) is 26.7. The summed E-state index contributed by atoms with van der Waals surface area (Å²) >= 11 is 0. The van der Waals surface area contributed by atoms with Gasteiger partial charge in [-0.1, -0.05) is 138 Å². The van der Waals surface area contributed by atoms with Crippen molar-refractivity contribution in [3.8, 4) is 0 Å². The van der Waals surface area contributed by atoms with Crippen molar-refractivity contribution in [2.45, 2.75) is 265 Å². The highest BCUT2D eigenvalue weighted by atomic mass is 14.9. The first-order chi connectivity index (χ1) is 55.3. The number of H-pyrrole nitrogens is 6. The average Bonchev–Trinajstić information content (AvgIpc) is 1.53. The van der Waals surface area contributed by atoms with Gasteiger partial charge in [-0.25, -0.2) is 29.9 Å². The van der Waals surface area contributed by atoms with Crippen LogP contribution in [0.15, 0.2) is 72.8 Å². The van der Waals surface area contributed by atoms with Crippen molar-refractivity contribution in [1.29, 1.82) is 0 Å². The molecule has 21 rings (SSSR count). The summed E-state index contributed by atoms with van der Waals surface area (Å²) in [4.78, 5) is 60.1. The Morgan fingerprint density at radius 1 is 0.224 bits per heavy atom. The van der Waals surface area contributed by atoms with Gasteiger partial charge in [-0.2, -0.15) is 0 Å². The van der Waals surface area contributed by atoms with Gasteiger partial charge in [-0.15, -0.1) is 0 Å². The Balaban J connectivity index is 0.840. The van der Waals surface area contributed by atoms with Gasteiger partial charge in [0.1, 0.15) is 0 Å². The zero-order valence-corrected chi connectivity index (χ0v) is 73.4. The molecule has 0 unspecified atom stereocenters. The SMILES string of the molecule is CCC1=C(CC)c2cc3[nH]c(cc4nc(cc5[nH]c(cc1n2)c(C(C)(C)C)c5C)C1=C4[C@@H]2CC[C@@H]1C1=C2c2cc4[nH]c(cc5nc(cc6[nH]c(cc1n2)c(CC)c6CC)C1=C5[C@H]2CC[C@H]1C1=C2c2cc5[nH]c(cc6nc(cc7[nH]c(cc1n2)c(C)c7C(C)(C)C)C(CC)=C6CC)c(C(C)(C)C)c5C)c(CC)c4CC)c(C)c3C(C)(C)C. The van der Waals surface area contributed by atoms with Crippen molar-refractivity contribution >= 4 is 133 Å². The van der Waals surface area contributed by atoms with Crippen LogP contribution in [0.2, 0.25) is 0 Å². The summed E-state index contributed by atoms with van der Waals surface area (Å²) in [6, 6.07) is 28.9. The molecule has 0 saturated heterocycles. The Bertz CT molecular complexity index is 5880. The van der Waals surface area contributed by atoms with Gasteiger partial charge >= 0.3 is 0 Å². The number of aromatic nitrogens is 12. The van der Waals surface area contributed by atoms with Crippen LogP contribution in [0.4, 0.5) is 0 Å². The molecular formula is C104H118N12. The number of hydrogen-bond acceptors (Lipinski definition) is 6. The number of nitrogens with one attached hydrogen (secondary N) is 6. The molecule has 0 aromatic carbocycles. The van der Waals surface area contributed by atoms with Crippen molar-refractivity contribution in [1.82, 2.24) is 59.8 Å². The molecule has 116 heavy (non-hydrogen) atoms. The minimum Gasteiger partial charge on any atom is -0.355 e. The van der Waals surface area contributed by atoms with Crippen molar-refractivity contribution in [2.75, 3.05) is 0 Å². The molecule has 6 N–H and O–H groups in total. The zero-order chi connectivity index (χ0) is 81.5. The van der Waals surface area contributed by atoms with Gasteiger partial charge in [0.25, 0.3) is 0 Å². The van der Waals surface area contributed by atoms with E-state index in [1.165, 1.54) is 134 Å². The average molecular weight is 1540 g/mol. The third-order valence-electron chi connectivity index (χ3n) is 28.1. The van der Waals surface area contributed by atoms with E-state index in [1.807, 2.05) is 0 Å². The van der Waals surface area contributed by atoms with E-state index in [4.69, 9.17) is 29.9 Å². The van der Waals surface area contributed by atoms with Gasteiger partial charge in [0.2, 0.25) is 0 Å². The van der Waals surface area contributed by atoms with Gasteiger partial charge in [0.15, 0.2) is 0 Å². The van der Waals surface area contributed by atoms with Gasteiger partial charge in [-0.05, 0) is 333 Å². The molecule has 12 nitrogen and oxygen atoms in total. The fourth-order valence-corrected chi connectivity index (χ4v) is 23.9. The van der Waals surface area contributed by atoms with Crippen LogP contribution in [0.1, 0.15) is 325 Å². The maximum atomic E-state index is 6.07. The Labute approximate surface area is 685 Å². The van der Waals surface area contributed by atoms with Crippen LogP contribution in [0.3, 0.4) is 0 Å². The standard InChI is InChI=1S/C104H118N12/c1-25-53-54(26-2)70-42-82-94-62-35-36-64(92-80-40-68-52(12)100(104(22,23)24)88(108-68)48-76-60(32-8)59(31-7)74(112-76)46-86-98(102(16,17)18)50(10)66(106-86)38-78(114-80)90(62)92)96(94)84(116-82)44-72-56(28-4)55(27-3)71(110-72)43-83-95-63-34-33-61(93(95)81(115-83)41-69(53)109-70)89-77-37-65-49(9)97(101(13,14)15)85(105-65)45-73-57(29-5)58(30-6)75(111-73)47-87-99(103(19,20)21)51(11)67(107-87)39-79(113-77)91(63)89/h37-48,61-64,105-110H,25-36H2,1-24H3/t61-,62-,63-,64-/m0/s1. The molecule has 15 heterocycles. The summed E-state index contributed by atoms with van der Waals surface area (Å²) in [5.41, 5.74) is 57.1. The summed E-state index contributed by atoms with van der Waals surface area (Å²) in [6.07, 6.45) is 11.1. The smallest absolute Gasteiger partial charge is 0.0699 e. The molecule has 12 heteroatoms. The maximum absolute atomic E-state index is 6.07. The van der Waals surface area contributed by atoms with Crippen LogP contribution in [0, 0.1) is 51.4 Å². The lowest BCUT2D eigenvalue weighted by atomic mass is 9.62. The van der Waals surface area contributed by atoms with Crippen LogP contribution in [0.5, 0.6) is 0 Å². The topological polar surface area (TPSA) is 172 Å². The van der Waals surface area contributed by atoms with Crippen molar-refractivity contribution < 1.29 is 0 Å². The first kappa shape index (κ1) is 75.8. The third-order valence-corrected chi connectivity index (χ3v) is 28.1. The van der Waals surface area contributed by atoms with Crippen LogP contribution in [-0.2, 0) is 47.3 Å². The molecule has 0 fully saturated rings. The number of nitrogens with zero attached hydrogens (tertiary/aromatic N) is 6. The monoisotopic (exact) mass is 1530 g/mol. The number of rotatable bonds is 8. The van der Waals surface area contributed by atoms with Crippen molar-refractivity contribution in [2.24, 2.45) is 23.7 Å². The fourth-order valence-electron chi connectivity index (χ4n) is 23.9. The van der Waals surface area contributed by atoms with E-state index in [0.717, 1.165) is 212 Å². The lowest BCUT2D eigenvalue weighted by Crippen LogP contribution is -2.24. The molecule has 9 aromatic heterocycles. The lowest BCUT2D eigenvalue weighted by Gasteiger charge is -2.39. The Morgan fingerprint density at radius 3 is 0.543 bits per heavy atom. The highest BCUT2D eigenvalue weighted by Gasteiger charge is 2.50. The number of aromatic amines is 6. The van der Waals surface area contributed by atoms with Crippen molar-refractivity contribution in [3.63, 3.8) is 0 Å². The van der Waals surface area contributed by atoms with Gasteiger partial charge < -0.3 is 29.9 Å². The summed E-state index contributed by atoms with van der Waals surface area (Å²) in [5.74, 6) is 0.168. The molecule has 594 valence electrons. The van der Waals surface area contributed by atoms with Gasteiger partial charge in [0, 0.05) is 89.9 Å². The predicted molar refractivity (Wildman–Crippen MR) is 489 cm³/mol. The molecule has 6 aliphatic heterocycles. The molecule has 12 aliphatic rings. The number of aryl methyl sites for hydroxylation is 8. The summed E-state index contributed by atoms with van der Waals surface area (Å²) < 4.78 is 0. The molecule has 28 bridgehead atoms. The highest BCUT2D eigenvalue weighted by Crippen LogP contribution is 2.65. The Hall–Kier alpha value is -10.2. The molecule has 0 spiro atoms. The molecule has 6 aliphatic carbocycles. The van der Waals surface area contributed by atoms with E-state index in [-0.39, 0.29) is 45.3 Å². The van der Waals surface area contributed by atoms with E-state index in [2.05, 4.69) is 269 Å². The van der Waals surface area contributed by atoms with Crippen LogP contribution in [0.25, 0.3) is 133 Å². The minimum absolute atomic E-state index is 0.0421. The molecule has 0 saturated carbocycles. The molecule has 0 radical (unpaired) electrons.